The summed E-state index contributed by atoms with van der Waals surface area (Å²) in [7, 11) is 4.23. The lowest BCUT2D eigenvalue weighted by atomic mass is 10.2. The molecule has 0 bridgehead atoms. The number of nitrogens with zero attached hydrogens (tertiary/aromatic N) is 1. The second-order valence-electron chi connectivity index (χ2n) is 4.24. The van der Waals surface area contributed by atoms with E-state index in [0.717, 1.165) is 6.54 Å². The molecule has 0 saturated heterocycles. The Kier molecular flexibility index (Phi) is 5.43. The Hall–Kier alpha value is -0.800. The zero-order valence-electron chi connectivity index (χ0n) is 9.99. The zero-order chi connectivity index (χ0) is 11.1. The number of nitrogens with one attached hydrogen (secondary N) is 1. The van der Waals surface area contributed by atoms with Crippen LogP contribution in [0, 0.1) is 0 Å². The molecule has 0 amide bonds. The summed E-state index contributed by atoms with van der Waals surface area (Å²) in [5, 5.41) is 3.48. The first-order chi connectivity index (χ1) is 7.20. The van der Waals surface area contributed by atoms with Gasteiger partial charge in [0.25, 0.3) is 0 Å². The Labute approximate surface area is 92.5 Å². The van der Waals surface area contributed by atoms with Gasteiger partial charge in [-0.3, -0.25) is 0 Å². The van der Waals surface area contributed by atoms with Gasteiger partial charge in [0.05, 0.1) is 12.5 Å². The van der Waals surface area contributed by atoms with Crippen molar-refractivity contribution in [3.05, 3.63) is 24.2 Å². The standard InChI is InChI=1S/C12H22N2O/c1-11(12-6-9-15-10-12)13-7-4-5-8-14(2)3/h6,9-11,13H,4-5,7-8H2,1-3H3. The summed E-state index contributed by atoms with van der Waals surface area (Å²) in [4.78, 5) is 2.22. The van der Waals surface area contributed by atoms with Crippen LogP contribution < -0.4 is 5.32 Å². The summed E-state index contributed by atoms with van der Waals surface area (Å²) >= 11 is 0. The van der Waals surface area contributed by atoms with Gasteiger partial charge in [-0.05, 0) is 53.0 Å². The van der Waals surface area contributed by atoms with Crippen LogP contribution in [0.5, 0.6) is 0 Å². The van der Waals surface area contributed by atoms with E-state index in [1.807, 2.05) is 6.07 Å². The Morgan fingerprint density at radius 2 is 2.20 bits per heavy atom. The molecule has 1 rings (SSSR count). The quantitative estimate of drug-likeness (QED) is 0.700. The molecule has 3 nitrogen and oxygen atoms in total. The molecule has 1 aromatic rings. The summed E-state index contributed by atoms with van der Waals surface area (Å²) in [6.45, 7) is 4.40. The van der Waals surface area contributed by atoms with E-state index >= 15 is 0 Å². The van der Waals surface area contributed by atoms with Crippen LogP contribution in [-0.4, -0.2) is 32.1 Å². The molecule has 86 valence electrons. The lowest BCUT2D eigenvalue weighted by Gasteiger charge is -2.13. The van der Waals surface area contributed by atoms with Gasteiger partial charge in [-0.2, -0.15) is 0 Å². The van der Waals surface area contributed by atoms with Crippen LogP contribution in [-0.2, 0) is 0 Å². The highest BCUT2D eigenvalue weighted by molar-refractivity contribution is 5.09. The SMILES string of the molecule is CC(NCCCCN(C)C)c1ccoc1. The van der Waals surface area contributed by atoms with E-state index in [1.54, 1.807) is 12.5 Å². The van der Waals surface area contributed by atoms with Crippen molar-refractivity contribution in [3.63, 3.8) is 0 Å². The summed E-state index contributed by atoms with van der Waals surface area (Å²) in [6.07, 6.45) is 6.00. The Balaban J connectivity index is 2.05. The van der Waals surface area contributed by atoms with Crippen molar-refractivity contribution >= 4 is 0 Å². The first-order valence-corrected chi connectivity index (χ1v) is 5.60. The van der Waals surface area contributed by atoms with Crippen molar-refractivity contribution in [2.24, 2.45) is 0 Å². The second kappa shape index (κ2) is 6.64. The summed E-state index contributed by atoms with van der Waals surface area (Å²) in [5.74, 6) is 0. The van der Waals surface area contributed by atoms with Crippen molar-refractivity contribution in [1.82, 2.24) is 10.2 Å². The fourth-order valence-corrected chi connectivity index (χ4v) is 1.51. The normalized spacial score (nSPS) is 13.3. The number of furan rings is 1. The van der Waals surface area contributed by atoms with Gasteiger partial charge in [-0.15, -0.1) is 0 Å². The maximum Gasteiger partial charge on any atom is 0.0950 e. The predicted octanol–water partition coefficient (Wildman–Crippen LogP) is 2.27. The van der Waals surface area contributed by atoms with Gasteiger partial charge >= 0.3 is 0 Å². The molecule has 1 aromatic heterocycles. The Bertz CT molecular complexity index is 244. The van der Waals surface area contributed by atoms with E-state index in [9.17, 15) is 0 Å². The van der Waals surface area contributed by atoms with E-state index < -0.39 is 0 Å². The van der Waals surface area contributed by atoms with Gasteiger partial charge in [0.2, 0.25) is 0 Å². The molecule has 0 aromatic carbocycles. The molecular formula is C12H22N2O. The molecule has 0 aliphatic heterocycles. The van der Waals surface area contributed by atoms with Gasteiger partial charge in [0, 0.05) is 11.6 Å². The highest BCUT2D eigenvalue weighted by Gasteiger charge is 2.04. The van der Waals surface area contributed by atoms with Crippen LogP contribution in [0.1, 0.15) is 31.4 Å². The second-order valence-corrected chi connectivity index (χ2v) is 4.24. The first-order valence-electron chi connectivity index (χ1n) is 5.60. The average molecular weight is 210 g/mol. The minimum atomic E-state index is 0.392. The smallest absolute Gasteiger partial charge is 0.0950 e. The van der Waals surface area contributed by atoms with Crippen molar-refractivity contribution in [1.29, 1.82) is 0 Å². The fourth-order valence-electron chi connectivity index (χ4n) is 1.51. The molecule has 0 saturated carbocycles. The van der Waals surface area contributed by atoms with Gasteiger partial charge in [-0.25, -0.2) is 0 Å². The van der Waals surface area contributed by atoms with Crippen LogP contribution in [0.15, 0.2) is 23.0 Å². The molecule has 0 spiro atoms. The van der Waals surface area contributed by atoms with Crippen LogP contribution >= 0.6 is 0 Å². The highest BCUT2D eigenvalue weighted by Crippen LogP contribution is 2.11. The third-order valence-corrected chi connectivity index (χ3v) is 2.53. The Morgan fingerprint density at radius 3 is 2.80 bits per heavy atom. The lowest BCUT2D eigenvalue weighted by molar-refractivity contribution is 0.389. The van der Waals surface area contributed by atoms with Gasteiger partial charge in [-0.1, -0.05) is 0 Å². The van der Waals surface area contributed by atoms with E-state index in [2.05, 4.69) is 31.2 Å². The van der Waals surface area contributed by atoms with Crippen molar-refractivity contribution in [2.75, 3.05) is 27.2 Å². The summed E-state index contributed by atoms with van der Waals surface area (Å²) in [5.41, 5.74) is 1.22. The van der Waals surface area contributed by atoms with Gasteiger partial charge in [0.1, 0.15) is 0 Å². The average Bonchev–Trinajstić information content (AvgIpc) is 2.69. The molecule has 15 heavy (non-hydrogen) atoms. The maximum atomic E-state index is 5.05. The number of hydrogen-bond donors (Lipinski definition) is 1. The third-order valence-electron chi connectivity index (χ3n) is 2.53. The predicted molar refractivity (Wildman–Crippen MR) is 62.9 cm³/mol. The van der Waals surface area contributed by atoms with Crippen LogP contribution in [0.4, 0.5) is 0 Å². The summed E-state index contributed by atoms with van der Waals surface area (Å²) in [6, 6.07) is 2.40. The number of unbranched alkanes of at least 4 members (excludes halogenated alkanes) is 1. The van der Waals surface area contributed by atoms with Crippen LogP contribution in [0.3, 0.4) is 0 Å². The molecule has 1 unspecified atom stereocenters. The van der Waals surface area contributed by atoms with E-state index in [1.165, 1.54) is 24.9 Å². The van der Waals surface area contributed by atoms with Gasteiger partial charge < -0.3 is 14.6 Å². The third kappa shape index (κ3) is 5.00. The molecule has 0 aliphatic carbocycles. The van der Waals surface area contributed by atoms with Crippen LogP contribution in [0.2, 0.25) is 0 Å². The monoisotopic (exact) mass is 210 g/mol. The van der Waals surface area contributed by atoms with Crippen molar-refractivity contribution in [3.8, 4) is 0 Å². The number of hydrogen-bond acceptors (Lipinski definition) is 3. The molecule has 0 aliphatic rings. The molecule has 0 radical (unpaired) electrons. The van der Waals surface area contributed by atoms with Crippen LogP contribution in [0.25, 0.3) is 0 Å². The van der Waals surface area contributed by atoms with E-state index in [4.69, 9.17) is 4.42 Å². The van der Waals surface area contributed by atoms with E-state index in [-0.39, 0.29) is 0 Å². The maximum absolute atomic E-state index is 5.05. The molecular weight excluding hydrogens is 188 g/mol. The number of rotatable bonds is 7. The molecule has 0 fully saturated rings. The van der Waals surface area contributed by atoms with Crippen molar-refractivity contribution < 1.29 is 4.42 Å². The molecule has 1 N–H and O–H groups in total. The minimum Gasteiger partial charge on any atom is -0.472 e. The summed E-state index contributed by atoms with van der Waals surface area (Å²) < 4.78 is 5.05. The minimum absolute atomic E-state index is 0.392. The first kappa shape index (κ1) is 12.3. The highest BCUT2D eigenvalue weighted by atomic mass is 16.3. The van der Waals surface area contributed by atoms with E-state index in [0.29, 0.717) is 6.04 Å². The molecule has 3 heteroatoms. The van der Waals surface area contributed by atoms with Crippen molar-refractivity contribution in [2.45, 2.75) is 25.8 Å². The molecule has 1 heterocycles. The Morgan fingerprint density at radius 1 is 1.40 bits per heavy atom. The van der Waals surface area contributed by atoms with Gasteiger partial charge in [0.15, 0.2) is 0 Å². The largest absolute Gasteiger partial charge is 0.472 e. The fraction of sp³-hybridized carbons (Fsp3) is 0.667. The zero-order valence-corrected chi connectivity index (χ0v) is 9.99. The molecule has 1 atom stereocenters. The lowest BCUT2D eigenvalue weighted by Crippen LogP contribution is -2.21. The topological polar surface area (TPSA) is 28.4 Å².